The highest BCUT2D eigenvalue weighted by atomic mass is 32.2. The number of carbonyl (C=O) groups excluding carboxylic acids is 1. The van der Waals surface area contributed by atoms with Crippen LogP contribution in [0.4, 0.5) is 9.52 Å². The van der Waals surface area contributed by atoms with Gasteiger partial charge in [-0.1, -0.05) is 19.1 Å². The third-order valence-corrected chi connectivity index (χ3v) is 5.71. The normalized spacial score (nSPS) is 17.1. The average Bonchev–Trinajstić information content (AvgIpc) is 2.87. The molecule has 0 spiro atoms. The maximum absolute atomic E-state index is 13.5. The van der Waals surface area contributed by atoms with Crippen molar-refractivity contribution in [2.24, 2.45) is 5.92 Å². The summed E-state index contributed by atoms with van der Waals surface area (Å²) >= 11 is 2.77. The smallest absolute Gasteiger partial charge is 0.236 e. The van der Waals surface area contributed by atoms with E-state index in [2.05, 4.69) is 17.2 Å². The van der Waals surface area contributed by atoms with Crippen LogP contribution in [0.25, 0.3) is 0 Å². The van der Waals surface area contributed by atoms with E-state index in [1.54, 1.807) is 29.5 Å². The highest BCUT2D eigenvalue weighted by molar-refractivity contribution is 8.00. The monoisotopic (exact) mass is 336 g/mol. The van der Waals surface area contributed by atoms with E-state index < -0.39 is 0 Å². The van der Waals surface area contributed by atoms with Crippen molar-refractivity contribution in [1.82, 2.24) is 4.98 Å². The van der Waals surface area contributed by atoms with E-state index in [0.29, 0.717) is 15.9 Å². The summed E-state index contributed by atoms with van der Waals surface area (Å²) in [5, 5.41) is 3.49. The number of thioether (sulfide) groups is 1. The molecule has 1 N–H and O–H groups in total. The lowest BCUT2D eigenvalue weighted by molar-refractivity contribution is -0.113. The Morgan fingerprint density at radius 3 is 3.14 bits per heavy atom. The zero-order chi connectivity index (χ0) is 15.5. The zero-order valence-electron chi connectivity index (χ0n) is 12.3. The number of hydrogen-bond acceptors (Lipinski definition) is 4. The van der Waals surface area contributed by atoms with Crippen LogP contribution in [0.2, 0.25) is 0 Å². The van der Waals surface area contributed by atoms with Gasteiger partial charge in [-0.25, -0.2) is 9.37 Å². The molecule has 3 nitrogen and oxygen atoms in total. The van der Waals surface area contributed by atoms with E-state index in [9.17, 15) is 9.18 Å². The molecule has 6 heteroatoms. The number of aromatic nitrogens is 1. The van der Waals surface area contributed by atoms with Crippen molar-refractivity contribution in [3.63, 3.8) is 0 Å². The molecular formula is C16H17FN2OS2. The van der Waals surface area contributed by atoms with Crippen molar-refractivity contribution in [1.29, 1.82) is 0 Å². The fourth-order valence-electron chi connectivity index (χ4n) is 2.45. The van der Waals surface area contributed by atoms with Gasteiger partial charge < -0.3 is 5.32 Å². The molecule has 1 aliphatic rings. The molecule has 0 saturated carbocycles. The Morgan fingerprint density at radius 2 is 2.32 bits per heavy atom. The molecule has 1 atom stereocenters. The standard InChI is InChI=1S/C16H17FN2OS2/c1-10-6-7-12-14(8-10)22-16(18-12)19-15(20)9-21-13-5-3-2-4-11(13)17/h2-5,10H,6-9H2,1H3,(H,18,19,20). The van der Waals surface area contributed by atoms with Crippen molar-refractivity contribution in [3.05, 3.63) is 40.7 Å². The first-order valence-electron chi connectivity index (χ1n) is 7.27. The molecule has 1 unspecified atom stereocenters. The number of rotatable bonds is 4. The maximum Gasteiger partial charge on any atom is 0.236 e. The summed E-state index contributed by atoms with van der Waals surface area (Å²) in [5.41, 5.74) is 1.13. The number of amides is 1. The average molecular weight is 336 g/mol. The topological polar surface area (TPSA) is 42.0 Å². The summed E-state index contributed by atoms with van der Waals surface area (Å²) in [6.45, 7) is 2.24. The molecule has 116 valence electrons. The molecule has 0 aliphatic heterocycles. The van der Waals surface area contributed by atoms with E-state index in [0.717, 1.165) is 25.0 Å². The lowest BCUT2D eigenvalue weighted by Crippen LogP contribution is -2.14. The lowest BCUT2D eigenvalue weighted by atomic mass is 9.93. The molecule has 0 fully saturated rings. The third-order valence-electron chi connectivity index (χ3n) is 3.63. The van der Waals surface area contributed by atoms with Gasteiger partial charge in [0.1, 0.15) is 5.82 Å². The summed E-state index contributed by atoms with van der Waals surface area (Å²) in [7, 11) is 0. The van der Waals surface area contributed by atoms with Gasteiger partial charge in [0.25, 0.3) is 0 Å². The van der Waals surface area contributed by atoms with Crippen LogP contribution >= 0.6 is 23.1 Å². The van der Waals surface area contributed by atoms with Gasteiger partial charge in [-0.2, -0.15) is 0 Å². The molecule has 1 aromatic carbocycles. The molecule has 1 amide bonds. The van der Waals surface area contributed by atoms with E-state index in [1.807, 2.05) is 0 Å². The number of thiazole rings is 1. The Kier molecular flexibility index (Phi) is 4.78. The van der Waals surface area contributed by atoms with E-state index in [4.69, 9.17) is 0 Å². The summed E-state index contributed by atoms with van der Waals surface area (Å²) in [5.74, 6) is 0.432. The maximum atomic E-state index is 13.5. The highest BCUT2D eigenvalue weighted by Gasteiger charge is 2.20. The van der Waals surface area contributed by atoms with Crippen molar-refractivity contribution >= 4 is 34.1 Å². The zero-order valence-corrected chi connectivity index (χ0v) is 13.9. The summed E-state index contributed by atoms with van der Waals surface area (Å²) < 4.78 is 13.5. The van der Waals surface area contributed by atoms with Gasteiger partial charge in [0.2, 0.25) is 5.91 Å². The number of anilines is 1. The minimum atomic E-state index is -0.293. The lowest BCUT2D eigenvalue weighted by Gasteiger charge is -2.15. The van der Waals surface area contributed by atoms with Crippen LogP contribution < -0.4 is 5.32 Å². The van der Waals surface area contributed by atoms with Crippen LogP contribution in [-0.4, -0.2) is 16.6 Å². The molecule has 0 bridgehead atoms. The fraction of sp³-hybridized carbons (Fsp3) is 0.375. The number of nitrogens with one attached hydrogen (secondary N) is 1. The summed E-state index contributed by atoms with van der Waals surface area (Å²) in [6.07, 6.45) is 3.20. The van der Waals surface area contributed by atoms with Crippen molar-refractivity contribution in [2.75, 3.05) is 11.1 Å². The Morgan fingerprint density at radius 1 is 1.50 bits per heavy atom. The number of hydrogen-bond donors (Lipinski definition) is 1. The van der Waals surface area contributed by atoms with Gasteiger partial charge >= 0.3 is 0 Å². The predicted octanol–water partition coefficient (Wildman–Crippen LogP) is 4.14. The van der Waals surface area contributed by atoms with Crippen molar-refractivity contribution in [3.8, 4) is 0 Å². The predicted molar refractivity (Wildman–Crippen MR) is 89.1 cm³/mol. The quantitative estimate of drug-likeness (QED) is 0.853. The Balaban J connectivity index is 1.57. The van der Waals surface area contributed by atoms with Crippen LogP contribution in [0, 0.1) is 11.7 Å². The number of halogens is 1. The molecule has 3 rings (SSSR count). The number of nitrogens with zero attached hydrogens (tertiary/aromatic N) is 1. The van der Waals surface area contributed by atoms with Gasteiger partial charge in [-0.3, -0.25) is 4.79 Å². The van der Waals surface area contributed by atoms with Gasteiger partial charge in [-0.05, 0) is 37.3 Å². The third kappa shape index (κ3) is 3.67. The van der Waals surface area contributed by atoms with Gasteiger partial charge in [0.15, 0.2) is 5.13 Å². The minimum absolute atomic E-state index is 0.146. The molecule has 22 heavy (non-hydrogen) atoms. The molecular weight excluding hydrogens is 319 g/mol. The fourth-order valence-corrected chi connectivity index (χ4v) is 4.38. The first-order valence-corrected chi connectivity index (χ1v) is 9.08. The molecule has 1 aliphatic carbocycles. The molecule has 0 saturated heterocycles. The second-order valence-electron chi connectivity index (χ2n) is 5.50. The van der Waals surface area contributed by atoms with E-state index in [-0.39, 0.29) is 17.5 Å². The Labute approximate surface area is 137 Å². The summed E-state index contributed by atoms with van der Waals surface area (Å²) in [4.78, 5) is 18.3. The molecule has 2 aromatic rings. The van der Waals surface area contributed by atoms with Gasteiger partial charge in [0, 0.05) is 9.77 Å². The second kappa shape index (κ2) is 6.79. The van der Waals surface area contributed by atoms with Gasteiger partial charge in [-0.15, -0.1) is 23.1 Å². The van der Waals surface area contributed by atoms with E-state index in [1.165, 1.54) is 22.7 Å². The van der Waals surface area contributed by atoms with Crippen LogP contribution in [0.15, 0.2) is 29.2 Å². The van der Waals surface area contributed by atoms with Crippen molar-refractivity contribution in [2.45, 2.75) is 31.1 Å². The van der Waals surface area contributed by atoms with E-state index >= 15 is 0 Å². The number of aryl methyl sites for hydroxylation is 1. The number of fused-ring (bicyclic) bond motifs is 1. The largest absolute Gasteiger partial charge is 0.301 e. The first kappa shape index (κ1) is 15.5. The van der Waals surface area contributed by atoms with Crippen LogP contribution in [0.5, 0.6) is 0 Å². The molecule has 1 aromatic heterocycles. The van der Waals surface area contributed by atoms with Crippen molar-refractivity contribution < 1.29 is 9.18 Å². The second-order valence-corrected chi connectivity index (χ2v) is 7.60. The summed E-state index contributed by atoms with van der Waals surface area (Å²) in [6, 6.07) is 6.48. The van der Waals surface area contributed by atoms with Crippen LogP contribution in [0.1, 0.15) is 23.9 Å². The Bertz CT molecular complexity index is 687. The first-order chi connectivity index (χ1) is 10.6. The van der Waals surface area contributed by atoms with Gasteiger partial charge in [0.05, 0.1) is 11.4 Å². The Hall–Kier alpha value is -1.40. The molecule has 0 radical (unpaired) electrons. The number of benzene rings is 1. The molecule has 1 heterocycles. The van der Waals surface area contributed by atoms with Crippen LogP contribution in [0.3, 0.4) is 0 Å². The minimum Gasteiger partial charge on any atom is -0.301 e. The van der Waals surface area contributed by atoms with Crippen LogP contribution in [-0.2, 0) is 17.6 Å². The number of carbonyl (C=O) groups is 1. The SMILES string of the molecule is CC1CCc2nc(NC(=O)CSc3ccccc3F)sc2C1. The highest BCUT2D eigenvalue weighted by Crippen LogP contribution is 2.32.